The van der Waals surface area contributed by atoms with Crippen LogP contribution in [0.3, 0.4) is 0 Å². The molecule has 5 nitrogen and oxygen atoms in total. The Morgan fingerprint density at radius 2 is 1.81 bits per heavy atom. The van der Waals surface area contributed by atoms with Gasteiger partial charge in [0.25, 0.3) is 0 Å². The molecule has 27 heavy (non-hydrogen) atoms. The van der Waals surface area contributed by atoms with Crippen LogP contribution in [0.15, 0.2) is 36.4 Å². The van der Waals surface area contributed by atoms with Crippen molar-refractivity contribution >= 4 is 38.9 Å². The molecule has 0 saturated heterocycles. The van der Waals surface area contributed by atoms with E-state index in [-0.39, 0.29) is 12.5 Å². The highest BCUT2D eigenvalue weighted by molar-refractivity contribution is 7.92. The van der Waals surface area contributed by atoms with Gasteiger partial charge < -0.3 is 5.32 Å². The Labute approximate surface area is 166 Å². The number of nitrogens with one attached hydrogen (secondary N) is 1. The fourth-order valence-electron chi connectivity index (χ4n) is 2.88. The zero-order chi connectivity index (χ0) is 20.4. The van der Waals surface area contributed by atoms with E-state index >= 15 is 0 Å². The average Bonchev–Trinajstić information content (AvgIpc) is 2.55. The zero-order valence-electron chi connectivity index (χ0n) is 16.2. The summed E-state index contributed by atoms with van der Waals surface area (Å²) in [6.07, 6.45) is 1.08. The number of amides is 1. The van der Waals surface area contributed by atoms with Crippen molar-refractivity contribution in [1.82, 2.24) is 0 Å². The lowest BCUT2D eigenvalue weighted by Gasteiger charge is -2.24. The van der Waals surface area contributed by atoms with Gasteiger partial charge in [0.2, 0.25) is 15.9 Å². The largest absolute Gasteiger partial charge is 0.324 e. The molecule has 146 valence electrons. The number of hydrogen-bond acceptors (Lipinski definition) is 3. The SMILES string of the molecule is Cc1ccc(Cl)cc1N(CC(=O)Nc1c(C)cccc1C(C)C)S(C)(=O)=O. The molecule has 0 aliphatic heterocycles. The first-order valence-corrected chi connectivity index (χ1v) is 10.9. The highest BCUT2D eigenvalue weighted by Crippen LogP contribution is 2.29. The van der Waals surface area contributed by atoms with Crippen LogP contribution in [0.5, 0.6) is 0 Å². The van der Waals surface area contributed by atoms with Crippen LogP contribution in [0.25, 0.3) is 0 Å². The van der Waals surface area contributed by atoms with E-state index in [0.717, 1.165) is 32.9 Å². The first-order valence-electron chi connectivity index (χ1n) is 8.64. The molecule has 1 amide bonds. The van der Waals surface area contributed by atoms with E-state index in [1.807, 2.05) is 39.0 Å². The molecule has 0 unspecified atom stereocenters. The smallest absolute Gasteiger partial charge is 0.245 e. The van der Waals surface area contributed by atoms with Crippen molar-refractivity contribution in [2.75, 3.05) is 22.4 Å². The number of halogens is 1. The summed E-state index contributed by atoms with van der Waals surface area (Å²) in [6.45, 7) is 7.45. The zero-order valence-corrected chi connectivity index (χ0v) is 17.8. The quantitative estimate of drug-likeness (QED) is 0.765. The van der Waals surface area contributed by atoms with E-state index in [1.165, 1.54) is 0 Å². The Bertz CT molecular complexity index is 956. The van der Waals surface area contributed by atoms with Gasteiger partial charge in [-0.05, 0) is 48.6 Å². The molecule has 0 spiro atoms. The second kappa shape index (κ2) is 8.31. The molecule has 0 aliphatic rings. The minimum Gasteiger partial charge on any atom is -0.324 e. The van der Waals surface area contributed by atoms with E-state index in [2.05, 4.69) is 5.32 Å². The lowest BCUT2D eigenvalue weighted by Crippen LogP contribution is -2.38. The summed E-state index contributed by atoms with van der Waals surface area (Å²) >= 11 is 6.03. The van der Waals surface area contributed by atoms with Crippen molar-refractivity contribution in [3.05, 3.63) is 58.1 Å². The predicted molar refractivity (Wildman–Crippen MR) is 112 cm³/mol. The van der Waals surface area contributed by atoms with Crippen molar-refractivity contribution in [3.63, 3.8) is 0 Å². The van der Waals surface area contributed by atoms with Gasteiger partial charge in [-0.1, -0.05) is 49.7 Å². The molecular weight excluding hydrogens is 384 g/mol. The molecule has 2 rings (SSSR count). The topological polar surface area (TPSA) is 66.5 Å². The van der Waals surface area contributed by atoms with Crippen molar-refractivity contribution in [2.45, 2.75) is 33.6 Å². The maximum absolute atomic E-state index is 12.7. The minimum atomic E-state index is -3.67. The van der Waals surface area contributed by atoms with Gasteiger partial charge in [0.15, 0.2) is 0 Å². The Kier molecular flexibility index (Phi) is 6.54. The normalized spacial score (nSPS) is 11.5. The summed E-state index contributed by atoms with van der Waals surface area (Å²) in [6, 6.07) is 10.8. The minimum absolute atomic E-state index is 0.224. The van der Waals surface area contributed by atoms with Crippen LogP contribution in [0.2, 0.25) is 5.02 Å². The van der Waals surface area contributed by atoms with Gasteiger partial charge in [-0.3, -0.25) is 9.10 Å². The maximum Gasteiger partial charge on any atom is 0.245 e. The Hall–Kier alpha value is -2.05. The molecule has 0 atom stereocenters. The van der Waals surface area contributed by atoms with E-state index in [9.17, 15) is 13.2 Å². The number of rotatable bonds is 6. The third kappa shape index (κ3) is 5.23. The first-order chi connectivity index (χ1) is 12.5. The van der Waals surface area contributed by atoms with Crippen molar-refractivity contribution in [1.29, 1.82) is 0 Å². The van der Waals surface area contributed by atoms with Gasteiger partial charge >= 0.3 is 0 Å². The molecule has 2 aromatic rings. The molecule has 0 bridgehead atoms. The standard InChI is InChI=1S/C20H25ClN2O3S/c1-13(2)17-8-6-7-15(4)20(17)22-19(24)12-23(27(5,25)26)18-11-16(21)10-9-14(18)3/h6-11,13H,12H2,1-5H3,(H,22,24). The van der Waals surface area contributed by atoms with Gasteiger partial charge in [0, 0.05) is 10.7 Å². The summed E-state index contributed by atoms with van der Waals surface area (Å²) in [5.41, 5.74) is 3.78. The molecule has 1 N–H and O–H groups in total. The molecule has 0 fully saturated rings. The fraction of sp³-hybridized carbons (Fsp3) is 0.350. The Morgan fingerprint density at radius 1 is 1.15 bits per heavy atom. The Balaban J connectivity index is 2.35. The number of benzene rings is 2. The highest BCUT2D eigenvalue weighted by Gasteiger charge is 2.23. The van der Waals surface area contributed by atoms with E-state index < -0.39 is 15.9 Å². The van der Waals surface area contributed by atoms with E-state index in [4.69, 9.17) is 11.6 Å². The number of nitrogens with zero attached hydrogens (tertiary/aromatic N) is 1. The number of carbonyl (C=O) groups excluding carboxylic acids is 1. The number of anilines is 2. The summed E-state index contributed by atoms with van der Waals surface area (Å²) in [4.78, 5) is 12.7. The van der Waals surface area contributed by atoms with Gasteiger partial charge in [-0.25, -0.2) is 8.42 Å². The molecule has 2 aromatic carbocycles. The maximum atomic E-state index is 12.7. The Morgan fingerprint density at radius 3 is 2.41 bits per heavy atom. The molecule has 0 aliphatic carbocycles. The van der Waals surface area contributed by atoms with Gasteiger partial charge in [0.05, 0.1) is 11.9 Å². The molecule has 0 aromatic heterocycles. The molecule has 7 heteroatoms. The summed E-state index contributed by atoms with van der Waals surface area (Å²) in [5.74, 6) is -0.183. The summed E-state index contributed by atoms with van der Waals surface area (Å²) < 4.78 is 25.7. The fourth-order valence-corrected chi connectivity index (χ4v) is 3.96. The first kappa shape index (κ1) is 21.3. The highest BCUT2D eigenvalue weighted by atomic mass is 35.5. The van der Waals surface area contributed by atoms with Gasteiger partial charge in [-0.15, -0.1) is 0 Å². The van der Waals surface area contributed by atoms with Crippen LogP contribution in [-0.2, 0) is 14.8 Å². The second-order valence-electron chi connectivity index (χ2n) is 6.94. The number of hydrogen-bond donors (Lipinski definition) is 1. The third-order valence-corrected chi connectivity index (χ3v) is 5.68. The number of para-hydroxylation sites is 1. The summed E-state index contributed by atoms with van der Waals surface area (Å²) in [5, 5.41) is 3.30. The average molecular weight is 409 g/mol. The van der Waals surface area contributed by atoms with Crippen molar-refractivity contribution < 1.29 is 13.2 Å². The molecule has 0 heterocycles. The monoisotopic (exact) mass is 408 g/mol. The van der Waals surface area contributed by atoms with Crippen LogP contribution in [0.4, 0.5) is 11.4 Å². The van der Waals surface area contributed by atoms with Crippen LogP contribution in [0.1, 0.15) is 36.5 Å². The second-order valence-corrected chi connectivity index (χ2v) is 9.29. The molecular formula is C20H25ClN2O3S. The van der Waals surface area contributed by atoms with E-state index in [1.54, 1.807) is 25.1 Å². The number of sulfonamides is 1. The third-order valence-electron chi connectivity index (χ3n) is 4.32. The van der Waals surface area contributed by atoms with Gasteiger partial charge in [0.1, 0.15) is 6.54 Å². The van der Waals surface area contributed by atoms with Crippen LogP contribution in [-0.4, -0.2) is 27.1 Å². The lowest BCUT2D eigenvalue weighted by molar-refractivity contribution is -0.114. The van der Waals surface area contributed by atoms with Gasteiger partial charge in [-0.2, -0.15) is 0 Å². The number of carbonyl (C=O) groups is 1. The van der Waals surface area contributed by atoms with Crippen molar-refractivity contribution in [3.8, 4) is 0 Å². The van der Waals surface area contributed by atoms with Crippen molar-refractivity contribution in [2.24, 2.45) is 0 Å². The lowest BCUT2D eigenvalue weighted by atomic mass is 9.98. The van der Waals surface area contributed by atoms with E-state index in [0.29, 0.717) is 10.7 Å². The van der Waals surface area contributed by atoms with Crippen LogP contribution < -0.4 is 9.62 Å². The predicted octanol–water partition coefficient (Wildman–Crippen LogP) is 4.48. The molecule has 0 saturated carbocycles. The summed E-state index contributed by atoms with van der Waals surface area (Å²) in [7, 11) is -3.67. The van der Waals surface area contributed by atoms with Crippen LogP contribution >= 0.6 is 11.6 Å². The number of aryl methyl sites for hydroxylation is 2. The van der Waals surface area contributed by atoms with Crippen LogP contribution in [0, 0.1) is 13.8 Å². The molecule has 0 radical (unpaired) electrons.